The number of nitrogens with zero attached hydrogens (tertiary/aromatic N) is 7. The number of anilines is 1. The van der Waals surface area contributed by atoms with Crippen molar-refractivity contribution in [1.82, 2.24) is 29.6 Å². The highest BCUT2D eigenvalue weighted by Gasteiger charge is 2.33. The lowest BCUT2D eigenvalue weighted by Gasteiger charge is -2.43. The number of pyridine rings is 1. The summed E-state index contributed by atoms with van der Waals surface area (Å²) in [6.07, 6.45) is 2.76. The molecule has 1 fully saturated rings. The number of piperazine rings is 1. The van der Waals surface area contributed by atoms with E-state index in [1.165, 1.54) is 4.90 Å². The monoisotopic (exact) mass is 507 g/mol. The summed E-state index contributed by atoms with van der Waals surface area (Å²) < 4.78 is 18.3. The molecule has 1 saturated heterocycles. The van der Waals surface area contributed by atoms with Crippen LogP contribution in [0.1, 0.15) is 13.8 Å². The minimum Gasteiger partial charge on any atom is -0.480 e. The zero-order valence-electron chi connectivity index (χ0n) is 21.4. The van der Waals surface area contributed by atoms with E-state index in [0.29, 0.717) is 47.1 Å². The van der Waals surface area contributed by atoms with E-state index in [4.69, 9.17) is 24.2 Å². The third kappa shape index (κ3) is 4.55. The van der Waals surface area contributed by atoms with Gasteiger partial charge in [0.1, 0.15) is 5.75 Å². The Bertz CT molecular complexity index is 1460. The second-order valence-corrected chi connectivity index (χ2v) is 9.17. The number of carboxylic acid groups (broad SMARTS) is 1. The van der Waals surface area contributed by atoms with Crippen molar-refractivity contribution < 1.29 is 24.1 Å². The molecule has 0 spiro atoms. The lowest BCUT2D eigenvalue weighted by atomic mass is 10.1. The molecule has 194 valence electrons. The van der Waals surface area contributed by atoms with E-state index in [-0.39, 0.29) is 18.9 Å². The molecule has 12 heteroatoms. The third-order valence-electron chi connectivity index (χ3n) is 6.49. The number of methoxy groups -OCH3 is 2. The fraction of sp³-hybridized carbons (Fsp3) is 0.400. The van der Waals surface area contributed by atoms with E-state index in [0.717, 1.165) is 16.6 Å². The Morgan fingerprint density at radius 3 is 2.57 bits per heavy atom. The van der Waals surface area contributed by atoms with Crippen LogP contribution in [0.25, 0.3) is 33.3 Å². The quantitative estimate of drug-likeness (QED) is 0.389. The summed E-state index contributed by atoms with van der Waals surface area (Å²) in [5.74, 6) is 1.31. The SMILES string of the molecule is COCOc1cc2nn(C)cc2cc1-c1nc(OC)c2cc(N3C[C@@H](C)N(C(=O)O)[C@@H](C)C3)cnc2n1. The molecular weight excluding hydrogens is 478 g/mol. The standard InChI is InChI=1S/C25H29N7O5/c1-14-10-31(11-15(2)32(14)25(33)34)17-7-19-22(26-9-17)27-23(28-24(19)36-5)18-6-16-12-30(3)29-20(16)8-21(18)37-13-35-4/h6-9,12,14-15H,10-11,13H2,1-5H3,(H,33,34)/t14-,15+. The van der Waals surface area contributed by atoms with Gasteiger partial charge in [-0.25, -0.2) is 14.8 Å². The summed E-state index contributed by atoms with van der Waals surface area (Å²) in [7, 11) is 4.97. The van der Waals surface area contributed by atoms with Crippen molar-refractivity contribution >= 4 is 33.7 Å². The van der Waals surface area contributed by atoms with Crippen molar-refractivity contribution in [3.8, 4) is 23.0 Å². The molecule has 3 aromatic heterocycles. The Kier molecular flexibility index (Phi) is 6.42. The Balaban J connectivity index is 1.55. The van der Waals surface area contributed by atoms with Crippen LogP contribution in [0.4, 0.5) is 10.5 Å². The van der Waals surface area contributed by atoms with Crippen LogP contribution >= 0.6 is 0 Å². The van der Waals surface area contributed by atoms with E-state index in [1.807, 2.05) is 45.3 Å². The molecule has 1 amide bonds. The van der Waals surface area contributed by atoms with Crippen LogP contribution in [0, 0.1) is 0 Å². The summed E-state index contributed by atoms with van der Waals surface area (Å²) in [4.78, 5) is 29.3. The van der Waals surface area contributed by atoms with E-state index in [9.17, 15) is 9.90 Å². The molecule has 4 aromatic rings. The predicted octanol–water partition coefficient (Wildman–Crippen LogP) is 3.15. The number of ether oxygens (including phenoxy) is 3. The maximum atomic E-state index is 11.6. The van der Waals surface area contributed by atoms with E-state index >= 15 is 0 Å². The number of carbonyl (C=O) groups is 1. The van der Waals surface area contributed by atoms with Crippen LogP contribution in [0.15, 0.2) is 30.6 Å². The number of hydrogen-bond donors (Lipinski definition) is 1. The first-order valence-electron chi connectivity index (χ1n) is 11.9. The Labute approximate surface area is 213 Å². The zero-order chi connectivity index (χ0) is 26.3. The van der Waals surface area contributed by atoms with Crippen LogP contribution in [0.5, 0.6) is 11.6 Å². The van der Waals surface area contributed by atoms with Gasteiger partial charge in [0.15, 0.2) is 18.3 Å². The number of aromatic nitrogens is 5. The van der Waals surface area contributed by atoms with Crippen LogP contribution in [0.3, 0.4) is 0 Å². The van der Waals surface area contributed by atoms with E-state index < -0.39 is 6.09 Å². The highest BCUT2D eigenvalue weighted by molar-refractivity contribution is 5.89. The number of rotatable bonds is 6. The number of aryl methyl sites for hydroxylation is 1. The molecule has 2 atom stereocenters. The van der Waals surface area contributed by atoms with Crippen molar-refractivity contribution in [3.05, 3.63) is 30.6 Å². The summed E-state index contributed by atoms with van der Waals surface area (Å²) in [6, 6.07) is 5.37. The van der Waals surface area contributed by atoms with Gasteiger partial charge in [-0.15, -0.1) is 0 Å². The van der Waals surface area contributed by atoms with E-state index in [2.05, 4.69) is 15.0 Å². The smallest absolute Gasteiger partial charge is 0.407 e. The van der Waals surface area contributed by atoms with Crippen molar-refractivity contribution in [1.29, 1.82) is 0 Å². The summed E-state index contributed by atoms with van der Waals surface area (Å²) in [5.41, 5.74) is 2.77. The topological polar surface area (TPSA) is 128 Å². The van der Waals surface area contributed by atoms with Crippen LogP contribution in [-0.2, 0) is 11.8 Å². The molecular formula is C25H29N7O5. The molecule has 4 heterocycles. The Hall–Kier alpha value is -4.19. The lowest BCUT2D eigenvalue weighted by molar-refractivity contribution is 0.0516. The average molecular weight is 508 g/mol. The molecule has 12 nitrogen and oxygen atoms in total. The first-order valence-corrected chi connectivity index (χ1v) is 11.9. The fourth-order valence-corrected chi connectivity index (χ4v) is 4.93. The van der Waals surface area contributed by atoms with E-state index in [1.54, 1.807) is 25.1 Å². The van der Waals surface area contributed by atoms with Gasteiger partial charge in [-0.2, -0.15) is 10.1 Å². The van der Waals surface area contributed by atoms with Gasteiger partial charge in [-0.3, -0.25) is 9.58 Å². The van der Waals surface area contributed by atoms with Gasteiger partial charge in [0.05, 0.1) is 47.5 Å². The number of hydrogen-bond acceptors (Lipinski definition) is 9. The van der Waals surface area contributed by atoms with Crippen LogP contribution in [0.2, 0.25) is 0 Å². The number of benzene rings is 1. The molecule has 0 saturated carbocycles. The van der Waals surface area contributed by atoms with Crippen molar-refractivity contribution in [3.63, 3.8) is 0 Å². The summed E-state index contributed by atoms with van der Waals surface area (Å²) >= 11 is 0. The molecule has 0 radical (unpaired) electrons. The van der Waals surface area contributed by atoms with Gasteiger partial charge in [-0.05, 0) is 26.0 Å². The number of amides is 1. The highest BCUT2D eigenvalue weighted by atomic mass is 16.7. The minimum atomic E-state index is -0.905. The molecule has 1 aromatic carbocycles. The molecule has 0 bridgehead atoms. The first-order chi connectivity index (χ1) is 17.8. The van der Waals surface area contributed by atoms with Gasteiger partial charge in [-0.1, -0.05) is 0 Å². The largest absolute Gasteiger partial charge is 0.480 e. The van der Waals surface area contributed by atoms with Gasteiger partial charge < -0.3 is 24.2 Å². The van der Waals surface area contributed by atoms with Crippen LogP contribution in [-0.4, -0.2) is 87.0 Å². The fourth-order valence-electron chi connectivity index (χ4n) is 4.93. The van der Waals surface area contributed by atoms with Crippen molar-refractivity contribution in [2.24, 2.45) is 7.05 Å². The molecule has 5 rings (SSSR count). The molecule has 37 heavy (non-hydrogen) atoms. The van der Waals surface area contributed by atoms with Crippen molar-refractivity contribution in [2.75, 3.05) is 39.0 Å². The highest BCUT2D eigenvalue weighted by Crippen LogP contribution is 2.35. The van der Waals surface area contributed by atoms with Gasteiger partial charge in [0.25, 0.3) is 0 Å². The molecule has 1 aliphatic heterocycles. The first kappa shape index (κ1) is 24.5. The molecule has 0 aliphatic carbocycles. The second-order valence-electron chi connectivity index (χ2n) is 9.17. The molecule has 0 unspecified atom stereocenters. The predicted molar refractivity (Wildman–Crippen MR) is 137 cm³/mol. The van der Waals surface area contributed by atoms with Gasteiger partial charge in [0, 0.05) is 44.9 Å². The second kappa shape index (κ2) is 9.69. The Morgan fingerprint density at radius 2 is 1.89 bits per heavy atom. The van der Waals surface area contributed by atoms with Crippen LogP contribution < -0.4 is 14.4 Å². The maximum absolute atomic E-state index is 11.6. The van der Waals surface area contributed by atoms with Crippen molar-refractivity contribution in [2.45, 2.75) is 25.9 Å². The third-order valence-corrected chi connectivity index (χ3v) is 6.49. The normalized spacial score (nSPS) is 18.0. The minimum absolute atomic E-state index is 0.0592. The van der Waals surface area contributed by atoms with Gasteiger partial charge in [0.2, 0.25) is 5.88 Å². The molecule has 1 N–H and O–H groups in total. The Morgan fingerprint density at radius 1 is 1.14 bits per heavy atom. The number of fused-ring (bicyclic) bond motifs is 2. The average Bonchev–Trinajstić information content (AvgIpc) is 3.23. The molecule has 1 aliphatic rings. The van der Waals surface area contributed by atoms with Gasteiger partial charge >= 0.3 is 6.09 Å². The zero-order valence-corrected chi connectivity index (χ0v) is 21.4. The summed E-state index contributed by atoms with van der Waals surface area (Å²) in [5, 5.41) is 15.6. The summed E-state index contributed by atoms with van der Waals surface area (Å²) in [6.45, 7) is 4.98. The maximum Gasteiger partial charge on any atom is 0.407 e. The lowest BCUT2D eigenvalue weighted by Crippen LogP contribution is -2.58.